The highest BCUT2D eigenvalue weighted by Gasteiger charge is 2.62. The Kier molecular flexibility index (Phi) is 9.53. The number of aliphatic hydroxyl groups excluding tert-OH is 1. The topological polar surface area (TPSA) is 175 Å². The number of halogens is 1. The Morgan fingerprint density at radius 1 is 1.09 bits per heavy atom. The van der Waals surface area contributed by atoms with Crippen molar-refractivity contribution in [1.29, 1.82) is 5.26 Å². The van der Waals surface area contributed by atoms with Crippen LogP contribution in [0.2, 0.25) is 0 Å². The van der Waals surface area contributed by atoms with Gasteiger partial charge in [-0.3, -0.25) is 15.1 Å². The van der Waals surface area contributed by atoms with E-state index in [1.54, 1.807) is 19.2 Å². The van der Waals surface area contributed by atoms with Crippen LogP contribution in [-0.4, -0.2) is 108 Å². The van der Waals surface area contributed by atoms with Crippen molar-refractivity contribution in [1.82, 2.24) is 15.1 Å². The third-order valence-electron chi connectivity index (χ3n) is 12.8. The fourth-order valence-corrected chi connectivity index (χ4v) is 12.2. The number of carbonyl (C=O) groups excluding carboxylic acids is 1. The second kappa shape index (κ2) is 14.2. The van der Waals surface area contributed by atoms with E-state index in [0.29, 0.717) is 64.6 Å². The van der Waals surface area contributed by atoms with Gasteiger partial charge in [0.15, 0.2) is 46.3 Å². The summed E-state index contributed by atoms with van der Waals surface area (Å²) in [5.74, 6) is 1.77. The summed E-state index contributed by atoms with van der Waals surface area (Å²) >= 11 is 7.61. The number of likely N-dealkylation sites (N-methyl/N-ethyl adjacent to an activating group) is 1. The summed E-state index contributed by atoms with van der Waals surface area (Å²) in [5.41, 5.74) is 4.52. The highest BCUT2D eigenvalue weighted by Crippen LogP contribution is 2.64. The molecule has 3 aromatic carbocycles. The molecular weight excluding hydrogens is 776 g/mol. The van der Waals surface area contributed by atoms with Crippen LogP contribution >= 0.6 is 23.4 Å². The second-order valence-corrected chi connectivity index (χ2v) is 17.1. The van der Waals surface area contributed by atoms with E-state index < -0.39 is 47.2 Å². The van der Waals surface area contributed by atoms with Crippen LogP contribution in [0.4, 0.5) is 0 Å². The maximum Gasteiger partial charge on any atom is 0.331 e. The lowest BCUT2D eigenvalue weighted by atomic mass is 9.71. The molecule has 2 unspecified atom stereocenters. The van der Waals surface area contributed by atoms with E-state index in [9.17, 15) is 25.4 Å². The average Bonchev–Trinajstić information content (AvgIpc) is 3.68. The number of aromatic hydroxyl groups is 2. The number of aliphatic hydroxyl groups is 1. The van der Waals surface area contributed by atoms with E-state index in [1.807, 2.05) is 27.0 Å². The standard InChI is InChI=1S/C41H45ClN4O10S/c1-18-10-21-11-23-24(14-43)46-25-15-53-40(50)41(22-13-27(51-4)26(47)12-20(22)7-9-44-41)16-57-39(33(46)32(45(23)3)29(21)34(49)35(18)52-5)31-30(25)38-37(54-17-55-38)19(2)36(31)56-28(48)6-8-42/h10,12-13,23-25,28,32-33,39,44,47-49H,6-9,11,15-17H2,1-5H3/t23-,24-,25-,28?,32-,33?,39+,41+/m0/s1. The van der Waals surface area contributed by atoms with E-state index in [1.165, 1.54) is 18.9 Å². The summed E-state index contributed by atoms with van der Waals surface area (Å²) in [6.07, 6.45) is -0.0514. The van der Waals surface area contributed by atoms with E-state index in [0.717, 1.165) is 22.3 Å². The van der Waals surface area contributed by atoms with Crippen molar-refractivity contribution in [3.05, 3.63) is 62.7 Å². The molecule has 4 bridgehead atoms. The molecule has 7 aliphatic heterocycles. The van der Waals surface area contributed by atoms with Gasteiger partial charge in [-0.1, -0.05) is 6.07 Å². The molecule has 57 heavy (non-hydrogen) atoms. The first kappa shape index (κ1) is 38.2. The number of phenols is 2. The van der Waals surface area contributed by atoms with Crippen LogP contribution in [0.3, 0.4) is 0 Å². The third-order valence-corrected chi connectivity index (χ3v) is 14.5. The third kappa shape index (κ3) is 5.48. The monoisotopic (exact) mass is 820 g/mol. The van der Waals surface area contributed by atoms with Crippen LogP contribution in [0.15, 0.2) is 18.2 Å². The van der Waals surface area contributed by atoms with Crippen LogP contribution in [0.1, 0.15) is 68.3 Å². The SMILES string of the molecule is COc1cc2c(cc1O)CCN[C@]21CS[C@@H]2c3c(OC(O)CCCl)c(C)c4c(c3[C@H](COC1=O)N1C2[C@@H]2c3c(cc(C)c(OC)c3O)C[C@@H]([C@@H]1C#N)N2C)OCO4. The lowest BCUT2D eigenvalue weighted by Crippen LogP contribution is -2.69. The molecular formula is C41H45ClN4O10S. The fourth-order valence-electron chi connectivity index (χ4n) is 10.3. The molecule has 0 amide bonds. The predicted molar refractivity (Wildman–Crippen MR) is 209 cm³/mol. The molecule has 0 radical (unpaired) electrons. The number of rotatable bonds is 6. The maximum atomic E-state index is 14.8. The number of fused-ring (bicyclic) bond motifs is 9. The van der Waals surface area contributed by atoms with Gasteiger partial charge >= 0.3 is 5.97 Å². The first-order chi connectivity index (χ1) is 27.5. The van der Waals surface area contributed by atoms with Crippen LogP contribution in [0.25, 0.3) is 0 Å². The largest absolute Gasteiger partial charge is 0.504 e. The lowest BCUT2D eigenvalue weighted by Gasteiger charge is -2.62. The average molecular weight is 821 g/mol. The van der Waals surface area contributed by atoms with Crippen LogP contribution in [0.5, 0.6) is 40.2 Å². The van der Waals surface area contributed by atoms with Crippen LogP contribution in [-0.2, 0) is 27.9 Å². The smallest absolute Gasteiger partial charge is 0.331 e. The maximum absolute atomic E-state index is 14.8. The molecule has 0 aromatic heterocycles. The number of hydrogen-bond acceptors (Lipinski definition) is 15. The zero-order valence-corrected chi connectivity index (χ0v) is 33.8. The Morgan fingerprint density at radius 3 is 2.61 bits per heavy atom. The molecule has 16 heteroatoms. The highest BCUT2D eigenvalue weighted by molar-refractivity contribution is 7.99. The zero-order valence-electron chi connectivity index (χ0n) is 32.3. The number of nitrogens with zero attached hydrogens (tertiary/aromatic N) is 3. The van der Waals surface area contributed by atoms with Gasteiger partial charge in [0, 0.05) is 58.9 Å². The summed E-state index contributed by atoms with van der Waals surface area (Å²) in [6.45, 7) is 3.97. The molecule has 3 aromatic rings. The number of piperazine rings is 1. The first-order valence-corrected chi connectivity index (χ1v) is 20.7. The minimum atomic E-state index is -1.36. The van der Waals surface area contributed by atoms with E-state index >= 15 is 0 Å². The summed E-state index contributed by atoms with van der Waals surface area (Å²) in [4.78, 5) is 19.2. The molecule has 10 rings (SSSR count). The normalized spacial score (nSPS) is 29.0. The molecule has 0 aliphatic carbocycles. The number of ether oxygens (including phenoxy) is 6. The molecule has 2 fully saturated rings. The lowest BCUT2D eigenvalue weighted by molar-refractivity contribution is -0.157. The molecule has 1 spiro atoms. The summed E-state index contributed by atoms with van der Waals surface area (Å²) in [6, 6.07) is 5.31. The van der Waals surface area contributed by atoms with E-state index in [4.69, 9.17) is 40.0 Å². The van der Waals surface area contributed by atoms with Gasteiger partial charge in [-0.15, -0.1) is 23.4 Å². The number of esters is 1. The van der Waals surface area contributed by atoms with Crippen molar-refractivity contribution in [3.63, 3.8) is 0 Å². The minimum absolute atomic E-state index is 0.0227. The number of alkyl halides is 1. The van der Waals surface area contributed by atoms with Crippen molar-refractivity contribution in [3.8, 4) is 46.3 Å². The minimum Gasteiger partial charge on any atom is -0.504 e. The Morgan fingerprint density at radius 2 is 1.88 bits per heavy atom. The number of thioether (sulfide) groups is 1. The Hall–Kier alpha value is -4.30. The Balaban J connectivity index is 1.33. The molecule has 7 aliphatic rings. The number of benzene rings is 3. The van der Waals surface area contributed by atoms with E-state index in [2.05, 4.69) is 21.2 Å². The van der Waals surface area contributed by atoms with Gasteiger partial charge in [0.2, 0.25) is 6.79 Å². The number of nitriles is 1. The molecule has 14 nitrogen and oxygen atoms in total. The number of methoxy groups -OCH3 is 2. The molecule has 0 saturated carbocycles. The van der Waals surface area contributed by atoms with Gasteiger partial charge < -0.3 is 43.7 Å². The van der Waals surface area contributed by atoms with Crippen molar-refractivity contribution in [2.24, 2.45) is 0 Å². The van der Waals surface area contributed by atoms with Gasteiger partial charge in [0.25, 0.3) is 0 Å². The quantitative estimate of drug-likeness (QED) is 0.157. The van der Waals surface area contributed by atoms with Gasteiger partial charge in [-0.25, -0.2) is 4.79 Å². The van der Waals surface area contributed by atoms with Gasteiger partial charge in [0.05, 0.1) is 37.6 Å². The van der Waals surface area contributed by atoms with Crippen molar-refractivity contribution < 1.29 is 48.5 Å². The fraction of sp³-hybridized carbons (Fsp3) is 0.512. The van der Waals surface area contributed by atoms with Crippen LogP contribution in [0, 0.1) is 25.2 Å². The van der Waals surface area contributed by atoms with Crippen molar-refractivity contribution in [2.75, 3.05) is 52.8 Å². The number of nitrogens with one attached hydrogen (secondary N) is 1. The van der Waals surface area contributed by atoms with Gasteiger partial charge in [-0.2, -0.15) is 5.26 Å². The second-order valence-electron chi connectivity index (χ2n) is 15.5. The number of phenolic OH excluding ortho intramolecular Hbond substituents is 2. The zero-order chi connectivity index (χ0) is 40.1. The van der Waals surface area contributed by atoms with Gasteiger partial charge in [-0.05, 0) is 68.1 Å². The van der Waals surface area contributed by atoms with Gasteiger partial charge in [0.1, 0.15) is 18.4 Å². The Labute approximate surface area is 339 Å². The number of aryl methyl sites for hydroxylation is 1. The molecule has 302 valence electrons. The summed E-state index contributed by atoms with van der Waals surface area (Å²) in [7, 11) is 5.00. The molecule has 4 N–H and O–H groups in total. The molecule has 7 heterocycles. The van der Waals surface area contributed by atoms with E-state index in [-0.39, 0.29) is 54.7 Å². The summed E-state index contributed by atoms with van der Waals surface area (Å²) < 4.78 is 36.6. The number of carbonyl (C=O) groups is 1. The molecule has 8 atom stereocenters. The van der Waals surface area contributed by atoms with Crippen molar-refractivity contribution >= 4 is 29.3 Å². The van der Waals surface area contributed by atoms with Crippen LogP contribution < -0.4 is 29.0 Å². The number of hydrogen-bond donors (Lipinski definition) is 4. The summed E-state index contributed by atoms with van der Waals surface area (Å²) in [5, 5.41) is 48.3. The Bertz CT molecular complexity index is 2220. The molecule has 2 saturated heterocycles. The predicted octanol–water partition coefficient (Wildman–Crippen LogP) is 4.39. The first-order valence-electron chi connectivity index (χ1n) is 19.1. The highest BCUT2D eigenvalue weighted by atomic mass is 35.5. The van der Waals surface area contributed by atoms with Crippen molar-refractivity contribution in [2.45, 2.75) is 80.4 Å².